The van der Waals surface area contributed by atoms with Crippen molar-refractivity contribution in [3.63, 3.8) is 0 Å². The number of rotatable bonds is 8. The minimum absolute atomic E-state index is 0.157. The fourth-order valence-corrected chi connectivity index (χ4v) is 2.19. The third-order valence-corrected chi connectivity index (χ3v) is 3.62. The molecule has 7 nitrogen and oxygen atoms in total. The van der Waals surface area contributed by atoms with Gasteiger partial charge in [-0.25, -0.2) is 0 Å². The Kier molecular flexibility index (Phi) is 7.44. The van der Waals surface area contributed by atoms with Gasteiger partial charge in [0.2, 0.25) is 0 Å². The van der Waals surface area contributed by atoms with E-state index in [1.807, 2.05) is 0 Å². The molecule has 2 aromatic rings. The van der Waals surface area contributed by atoms with Gasteiger partial charge in [0.05, 0.1) is 5.56 Å². The number of nitrogens with one attached hydrogen (secondary N) is 1. The first kappa shape index (κ1) is 20.8. The van der Waals surface area contributed by atoms with Gasteiger partial charge in [-0.1, -0.05) is 30.3 Å². The molecule has 1 N–H and O–H groups in total. The number of hydrogen-bond acceptors (Lipinski definition) is 5. The molecule has 0 aliphatic carbocycles. The molecule has 0 aliphatic rings. The van der Waals surface area contributed by atoms with Crippen LogP contribution >= 0.6 is 0 Å². The number of benzene rings is 2. The highest BCUT2D eigenvalue weighted by Crippen LogP contribution is 2.20. The molecule has 0 heterocycles. The first-order chi connectivity index (χ1) is 13.4. The van der Waals surface area contributed by atoms with Crippen molar-refractivity contribution in [2.24, 2.45) is 0 Å². The quantitative estimate of drug-likeness (QED) is 0.697. The molecule has 0 saturated carbocycles. The van der Waals surface area contributed by atoms with Crippen molar-refractivity contribution >= 4 is 23.5 Å². The van der Waals surface area contributed by atoms with Crippen molar-refractivity contribution in [3.05, 3.63) is 60.2 Å². The molecule has 0 saturated heterocycles. The fourth-order valence-electron chi connectivity index (χ4n) is 2.19. The molecule has 0 bridgehead atoms. The number of alkyl halides is 2. The summed E-state index contributed by atoms with van der Waals surface area (Å²) in [5.74, 6) is -2.42. The molecule has 9 heteroatoms. The number of carbonyl (C=O) groups is 3. The van der Waals surface area contributed by atoms with Crippen molar-refractivity contribution < 1.29 is 32.6 Å². The van der Waals surface area contributed by atoms with Gasteiger partial charge in [0.25, 0.3) is 11.8 Å². The van der Waals surface area contributed by atoms with Gasteiger partial charge in [0.1, 0.15) is 12.3 Å². The molecule has 0 atom stereocenters. The van der Waals surface area contributed by atoms with Crippen LogP contribution in [0.2, 0.25) is 0 Å². The van der Waals surface area contributed by atoms with Crippen LogP contribution in [0.5, 0.6) is 5.75 Å². The second-order valence-electron chi connectivity index (χ2n) is 5.51. The van der Waals surface area contributed by atoms with Gasteiger partial charge in [-0.05, 0) is 24.3 Å². The molecule has 0 aromatic heterocycles. The Morgan fingerprint density at radius 3 is 2.36 bits per heavy atom. The monoisotopic (exact) mass is 392 g/mol. The van der Waals surface area contributed by atoms with Gasteiger partial charge in [-0.15, -0.1) is 0 Å². The van der Waals surface area contributed by atoms with Gasteiger partial charge >= 0.3 is 12.6 Å². The maximum atomic E-state index is 12.4. The maximum Gasteiger partial charge on any atom is 0.387 e. The molecule has 0 unspecified atom stereocenters. The van der Waals surface area contributed by atoms with Crippen molar-refractivity contribution in [3.8, 4) is 5.75 Å². The molecule has 0 spiro atoms. The smallest absolute Gasteiger partial charge is 0.387 e. The fraction of sp³-hybridized carbons (Fsp3) is 0.211. The number of para-hydroxylation sites is 2. The number of likely N-dealkylation sites (N-methyl/N-ethyl adjacent to an activating group) is 1. The highest BCUT2D eigenvalue weighted by molar-refractivity contribution is 5.99. The molecule has 0 aliphatic heterocycles. The van der Waals surface area contributed by atoms with Crippen LogP contribution in [0.15, 0.2) is 54.6 Å². The predicted octanol–water partition coefficient (Wildman–Crippen LogP) is 2.22. The molecule has 28 heavy (non-hydrogen) atoms. The van der Waals surface area contributed by atoms with E-state index in [2.05, 4.69) is 10.1 Å². The van der Waals surface area contributed by atoms with E-state index in [0.717, 1.165) is 0 Å². The Labute approximate surface area is 159 Å². The van der Waals surface area contributed by atoms with E-state index in [-0.39, 0.29) is 11.3 Å². The van der Waals surface area contributed by atoms with Crippen LogP contribution in [0.3, 0.4) is 0 Å². The summed E-state index contributed by atoms with van der Waals surface area (Å²) >= 11 is 0. The lowest BCUT2D eigenvalue weighted by molar-refractivity contribution is -0.146. The van der Waals surface area contributed by atoms with Crippen LogP contribution in [0.4, 0.5) is 14.5 Å². The standard InChI is InChI=1S/C19H18F2N2O5/c1-23(13-7-3-2-4-8-13)16(24)12-27-17(25)11-22-18(26)14-9-5-6-10-15(14)28-19(20)21/h2-10,19H,11-12H2,1H3,(H,22,26). The summed E-state index contributed by atoms with van der Waals surface area (Å²) in [4.78, 5) is 37.2. The van der Waals surface area contributed by atoms with E-state index in [4.69, 9.17) is 4.74 Å². The minimum atomic E-state index is -3.09. The van der Waals surface area contributed by atoms with Crippen molar-refractivity contribution in [1.29, 1.82) is 0 Å². The van der Waals surface area contributed by atoms with E-state index in [9.17, 15) is 23.2 Å². The molecular weight excluding hydrogens is 374 g/mol. The third kappa shape index (κ3) is 6.04. The first-order valence-electron chi connectivity index (χ1n) is 8.17. The number of halogens is 2. The Balaban J connectivity index is 1.83. The number of anilines is 1. The average molecular weight is 392 g/mol. The van der Waals surface area contributed by atoms with Crippen molar-refractivity contribution in [2.75, 3.05) is 25.1 Å². The van der Waals surface area contributed by atoms with Crippen LogP contribution in [-0.4, -0.2) is 44.6 Å². The molecule has 2 rings (SSSR count). The molecule has 2 amide bonds. The second-order valence-corrected chi connectivity index (χ2v) is 5.51. The van der Waals surface area contributed by atoms with Crippen LogP contribution in [0, 0.1) is 0 Å². The third-order valence-electron chi connectivity index (χ3n) is 3.62. The van der Waals surface area contributed by atoms with Gasteiger partial charge in [0, 0.05) is 12.7 Å². The Morgan fingerprint density at radius 1 is 1.04 bits per heavy atom. The Bertz CT molecular complexity index is 830. The van der Waals surface area contributed by atoms with Crippen LogP contribution < -0.4 is 15.0 Å². The zero-order valence-electron chi connectivity index (χ0n) is 14.9. The molecule has 0 radical (unpaired) electrons. The predicted molar refractivity (Wildman–Crippen MR) is 96.2 cm³/mol. The molecule has 2 aromatic carbocycles. The van der Waals surface area contributed by atoms with Gasteiger partial charge in [-0.2, -0.15) is 8.78 Å². The van der Waals surface area contributed by atoms with Crippen molar-refractivity contribution in [1.82, 2.24) is 5.32 Å². The topological polar surface area (TPSA) is 84.9 Å². The first-order valence-corrected chi connectivity index (χ1v) is 8.17. The minimum Gasteiger partial charge on any atom is -0.454 e. The van der Waals surface area contributed by atoms with Crippen LogP contribution in [0.1, 0.15) is 10.4 Å². The summed E-state index contributed by atoms with van der Waals surface area (Å²) in [5.41, 5.74) is 0.475. The summed E-state index contributed by atoms with van der Waals surface area (Å²) in [6, 6.07) is 14.1. The maximum absolute atomic E-state index is 12.4. The lowest BCUT2D eigenvalue weighted by Crippen LogP contribution is -2.35. The lowest BCUT2D eigenvalue weighted by Gasteiger charge is -2.17. The number of carbonyl (C=O) groups excluding carboxylic acids is 3. The second kappa shape index (κ2) is 10.0. The van der Waals surface area contributed by atoms with E-state index >= 15 is 0 Å². The van der Waals surface area contributed by atoms with Gasteiger partial charge < -0.3 is 19.7 Å². The Hall–Kier alpha value is -3.49. The summed E-state index contributed by atoms with van der Waals surface area (Å²) in [6.45, 7) is -4.14. The number of hydrogen-bond donors (Lipinski definition) is 1. The number of nitrogens with zero attached hydrogens (tertiary/aromatic N) is 1. The Morgan fingerprint density at radius 2 is 1.68 bits per heavy atom. The summed E-state index contributed by atoms with van der Waals surface area (Å²) in [6.07, 6.45) is 0. The summed E-state index contributed by atoms with van der Waals surface area (Å²) in [5, 5.41) is 2.23. The number of esters is 1. The van der Waals surface area contributed by atoms with Crippen LogP contribution in [0.25, 0.3) is 0 Å². The zero-order chi connectivity index (χ0) is 20.5. The zero-order valence-corrected chi connectivity index (χ0v) is 14.9. The van der Waals surface area contributed by atoms with E-state index in [1.54, 1.807) is 30.3 Å². The highest BCUT2D eigenvalue weighted by atomic mass is 19.3. The van der Waals surface area contributed by atoms with E-state index in [1.165, 1.54) is 36.2 Å². The number of amides is 2. The summed E-state index contributed by atoms with van der Waals surface area (Å²) < 4.78 is 33.8. The SMILES string of the molecule is CN(C(=O)COC(=O)CNC(=O)c1ccccc1OC(F)F)c1ccccc1. The molecule has 148 valence electrons. The van der Waals surface area contributed by atoms with Crippen LogP contribution in [-0.2, 0) is 14.3 Å². The largest absolute Gasteiger partial charge is 0.454 e. The van der Waals surface area contributed by atoms with Gasteiger partial charge in [-0.3, -0.25) is 14.4 Å². The average Bonchev–Trinajstić information content (AvgIpc) is 2.70. The lowest BCUT2D eigenvalue weighted by atomic mass is 10.2. The van der Waals surface area contributed by atoms with Crippen molar-refractivity contribution in [2.45, 2.75) is 6.61 Å². The van der Waals surface area contributed by atoms with E-state index in [0.29, 0.717) is 5.69 Å². The van der Waals surface area contributed by atoms with Gasteiger partial charge in [0.15, 0.2) is 6.61 Å². The highest BCUT2D eigenvalue weighted by Gasteiger charge is 2.17. The normalized spacial score (nSPS) is 10.3. The van der Waals surface area contributed by atoms with E-state index < -0.39 is 37.5 Å². The molecule has 0 fully saturated rings. The summed E-state index contributed by atoms with van der Waals surface area (Å²) in [7, 11) is 1.53. The number of ether oxygens (including phenoxy) is 2. The molecular formula is C19H18F2N2O5.